The van der Waals surface area contributed by atoms with Crippen LogP contribution in [0.15, 0.2) is 48.5 Å². The molecule has 0 bridgehead atoms. The number of aliphatic carboxylic acids is 1. The van der Waals surface area contributed by atoms with E-state index in [0.717, 1.165) is 37.7 Å². The summed E-state index contributed by atoms with van der Waals surface area (Å²) in [5.41, 5.74) is 1.82. The molecule has 1 fully saturated rings. The van der Waals surface area contributed by atoms with Gasteiger partial charge in [0, 0.05) is 17.5 Å². The van der Waals surface area contributed by atoms with Gasteiger partial charge in [-0.3, -0.25) is 4.79 Å². The number of methoxy groups -OCH3 is 1. The second-order valence-electron chi connectivity index (χ2n) is 7.61. The Morgan fingerprint density at radius 2 is 1.71 bits per heavy atom. The van der Waals surface area contributed by atoms with E-state index in [9.17, 15) is 14.7 Å². The van der Waals surface area contributed by atoms with Gasteiger partial charge in [0.25, 0.3) is 5.91 Å². The van der Waals surface area contributed by atoms with E-state index in [0.29, 0.717) is 16.9 Å². The number of hydrogen-bond donors (Lipinski definition) is 0. The molecular weight excluding hydrogens is 354 g/mol. The van der Waals surface area contributed by atoms with Gasteiger partial charge in [-0.25, -0.2) is 0 Å². The van der Waals surface area contributed by atoms with Crippen LogP contribution in [0.1, 0.15) is 65.5 Å². The van der Waals surface area contributed by atoms with Gasteiger partial charge in [-0.05, 0) is 42.2 Å². The molecule has 5 heteroatoms. The Kier molecular flexibility index (Phi) is 5.07. The van der Waals surface area contributed by atoms with E-state index in [1.165, 1.54) is 0 Å². The zero-order valence-corrected chi connectivity index (χ0v) is 16.0. The van der Waals surface area contributed by atoms with Crippen molar-refractivity contribution in [3.8, 4) is 5.75 Å². The molecule has 0 aromatic heterocycles. The minimum atomic E-state index is -1.15. The van der Waals surface area contributed by atoms with Crippen LogP contribution >= 0.6 is 0 Å². The largest absolute Gasteiger partial charge is 0.549 e. The molecule has 1 aliphatic heterocycles. The van der Waals surface area contributed by atoms with E-state index in [-0.39, 0.29) is 11.9 Å². The number of hydrogen-bond acceptors (Lipinski definition) is 4. The van der Waals surface area contributed by atoms with Gasteiger partial charge in [0.15, 0.2) is 0 Å². The predicted octanol–water partition coefficient (Wildman–Crippen LogP) is 3.06. The van der Waals surface area contributed by atoms with Crippen LogP contribution < -0.4 is 9.84 Å². The molecule has 0 unspecified atom stereocenters. The molecule has 2 aliphatic rings. The van der Waals surface area contributed by atoms with Gasteiger partial charge in [-0.15, -0.1) is 0 Å². The first-order valence-corrected chi connectivity index (χ1v) is 9.88. The highest BCUT2D eigenvalue weighted by atomic mass is 16.5. The third-order valence-corrected chi connectivity index (χ3v) is 6.06. The molecular formula is C23H24NO4-. The van der Waals surface area contributed by atoms with E-state index in [2.05, 4.69) is 0 Å². The fraction of sp³-hybridized carbons (Fsp3) is 0.391. The normalized spacial score (nSPS) is 22.6. The molecule has 1 heterocycles. The first kappa shape index (κ1) is 18.5. The summed E-state index contributed by atoms with van der Waals surface area (Å²) in [5, 5.41) is 12.3. The van der Waals surface area contributed by atoms with Gasteiger partial charge < -0.3 is 19.5 Å². The quantitative estimate of drug-likeness (QED) is 0.820. The maximum atomic E-state index is 13.5. The molecule has 1 amide bonds. The SMILES string of the molecule is COc1ccc([C@H]2[C@@H](C(=O)[O-])c3ccccc3C(=O)N2C2CCCCC2)cc1. The summed E-state index contributed by atoms with van der Waals surface area (Å²) >= 11 is 0. The van der Waals surface area contributed by atoms with E-state index in [1.54, 1.807) is 31.4 Å². The lowest BCUT2D eigenvalue weighted by Gasteiger charge is -2.47. The number of carbonyl (C=O) groups excluding carboxylic acids is 2. The molecule has 28 heavy (non-hydrogen) atoms. The van der Waals surface area contributed by atoms with Crippen LogP contribution in [0.25, 0.3) is 0 Å². The third-order valence-electron chi connectivity index (χ3n) is 6.06. The van der Waals surface area contributed by atoms with Crippen LogP contribution in [-0.4, -0.2) is 29.9 Å². The lowest BCUT2D eigenvalue weighted by Crippen LogP contribution is -2.52. The summed E-state index contributed by atoms with van der Waals surface area (Å²) in [5.74, 6) is -1.44. The first-order chi connectivity index (χ1) is 13.6. The van der Waals surface area contributed by atoms with Gasteiger partial charge in [0.05, 0.1) is 19.1 Å². The van der Waals surface area contributed by atoms with Crippen molar-refractivity contribution in [1.82, 2.24) is 4.90 Å². The Bertz CT molecular complexity index is 870. The minimum absolute atomic E-state index is 0.0450. The maximum Gasteiger partial charge on any atom is 0.254 e. The number of carbonyl (C=O) groups is 2. The number of benzene rings is 2. The second-order valence-corrected chi connectivity index (χ2v) is 7.61. The van der Waals surface area contributed by atoms with Gasteiger partial charge in [0.1, 0.15) is 5.75 Å². The number of nitrogens with zero attached hydrogens (tertiary/aromatic N) is 1. The van der Waals surface area contributed by atoms with E-state index < -0.39 is 17.9 Å². The van der Waals surface area contributed by atoms with Crippen LogP contribution in [-0.2, 0) is 4.79 Å². The fourth-order valence-corrected chi connectivity index (χ4v) is 4.72. The molecule has 146 valence electrons. The van der Waals surface area contributed by atoms with Crippen LogP contribution in [0.2, 0.25) is 0 Å². The van der Waals surface area contributed by atoms with Crippen molar-refractivity contribution in [3.63, 3.8) is 0 Å². The van der Waals surface area contributed by atoms with E-state index in [1.807, 2.05) is 29.2 Å². The average molecular weight is 378 g/mol. The zero-order chi connectivity index (χ0) is 19.7. The molecule has 4 rings (SSSR count). The standard InChI is InChI=1S/C23H25NO4/c1-28-17-13-11-15(12-14-17)21-20(23(26)27)18-9-5-6-10-19(18)22(25)24(21)16-7-3-2-4-8-16/h5-6,9-14,16,20-21H,2-4,7-8H2,1H3,(H,26,27)/p-1/t20-,21-/m0/s1. The number of rotatable bonds is 4. The molecule has 0 N–H and O–H groups in total. The first-order valence-electron chi connectivity index (χ1n) is 9.88. The van der Waals surface area contributed by atoms with Gasteiger partial charge >= 0.3 is 0 Å². The molecule has 5 nitrogen and oxygen atoms in total. The lowest BCUT2D eigenvalue weighted by molar-refractivity contribution is -0.309. The summed E-state index contributed by atoms with van der Waals surface area (Å²) in [6.07, 6.45) is 5.08. The van der Waals surface area contributed by atoms with Crippen LogP contribution in [0.5, 0.6) is 5.75 Å². The minimum Gasteiger partial charge on any atom is -0.549 e. The number of ether oxygens (including phenoxy) is 1. The highest BCUT2D eigenvalue weighted by Gasteiger charge is 2.44. The Labute approximate surface area is 164 Å². The fourth-order valence-electron chi connectivity index (χ4n) is 4.72. The summed E-state index contributed by atoms with van der Waals surface area (Å²) < 4.78 is 5.24. The number of carboxylic acid groups (broad SMARTS) is 1. The summed E-state index contributed by atoms with van der Waals surface area (Å²) in [7, 11) is 1.59. The molecule has 1 saturated carbocycles. The van der Waals surface area contributed by atoms with Crippen LogP contribution in [0.4, 0.5) is 0 Å². The number of fused-ring (bicyclic) bond motifs is 1. The van der Waals surface area contributed by atoms with Gasteiger partial charge in [-0.1, -0.05) is 49.6 Å². The Hall–Kier alpha value is -2.82. The highest BCUT2D eigenvalue weighted by Crippen LogP contribution is 2.45. The van der Waals surface area contributed by atoms with Crippen molar-refractivity contribution in [2.75, 3.05) is 7.11 Å². The molecule has 0 spiro atoms. The maximum absolute atomic E-state index is 13.5. The Morgan fingerprint density at radius 3 is 2.36 bits per heavy atom. The van der Waals surface area contributed by atoms with Gasteiger partial charge in [0.2, 0.25) is 0 Å². The molecule has 2 atom stereocenters. The van der Waals surface area contributed by atoms with E-state index >= 15 is 0 Å². The second kappa shape index (κ2) is 7.66. The Balaban J connectivity index is 1.87. The molecule has 0 saturated heterocycles. The van der Waals surface area contributed by atoms with Crippen molar-refractivity contribution >= 4 is 11.9 Å². The number of carboxylic acids is 1. The summed E-state index contributed by atoms with van der Waals surface area (Å²) in [4.78, 5) is 27.6. The van der Waals surface area contributed by atoms with Crippen molar-refractivity contribution in [3.05, 3.63) is 65.2 Å². The summed E-state index contributed by atoms with van der Waals surface area (Å²) in [6, 6.07) is 13.8. The lowest BCUT2D eigenvalue weighted by atomic mass is 9.77. The van der Waals surface area contributed by atoms with Crippen molar-refractivity contribution in [1.29, 1.82) is 0 Å². The number of amides is 1. The van der Waals surface area contributed by atoms with Crippen LogP contribution in [0.3, 0.4) is 0 Å². The zero-order valence-electron chi connectivity index (χ0n) is 16.0. The van der Waals surface area contributed by atoms with Crippen LogP contribution in [0, 0.1) is 0 Å². The van der Waals surface area contributed by atoms with Crippen molar-refractivity contribution in [2.24, 2.45) is 0 Å². The average Bonchev–Trinajstić information content (AvgIpc) is 2.74. The smallest absolute Gasteiger partial charge is 0.254 e. The Morgan fingerprint density at radius 1 is 1.04 bits per heavy atom. The molecule has 0 radical (unpaired) electrons. The third kappa shape index (κ3) is 3.15. The molecule has 1 aliphatic carbocycles. The monoisotopic (exact) mass is 378 g/mol. The van der Waals surface area contributed by atoms with Crippen molar-refractivity contribution < 1.29 is 19.4 Å². The van der Waals surface area contributed by atoms with E-state index in [4.69, 9.17) is 4.74 Å². The molecule has 2 aromatic carbocycles. The molecule has 2 aromatic rings. The van der Waals surface area contributed by atoms with Crippen molar-refractivity contribution in [2.45, 2.75) is 50.1 Å². The van der Waals surface area contributed by atoms with Gasteiger partial charge in [-0.2, -0.15) is 0 Å². The topological polar surface area (TPSA) is 69.7 Å². The summed E-state index contributed by atoms with van der Waals surface area (Å²) in [6.45, 7) is 0. The highest BCUT2D eigenvalue weighted by molar-refractivity contribution is 6.00. The predicted molar refractivity (Wildman–Crippen MR) is 103 cm³/mol.